The van der Waals surface area contributed by atoms with Crippen molar-refractivity contribution < 1.29 is 0 Å². The van der Waals surface area contributed by atoms with Gasteiger partial charge in [-0.15, -0.1) is 0 Å². The van der Waals surface area contributed by atoms with Crippen LogP contribution in [0.2, 0.25) is 0 Å². The number of nitrogens with one attached hydrogen (secondary N) is 1. The van der Waals surface area contributed by atoms with E-state index in [1.165, 1.54) is 18.5 Å². The van der Waals surface area contributed by atoms with Crippen molar-refractivity contribution in [3.8, 4) is 0 Å². The second-order valence-electron chi connectivity index (χ2n) is 5.21. The smallest absolute Gasteiger partial charge is 0.156 e. The second-order valence-corrected chi connectivity index (χ2v) is 6.50. The maximum Gasteiger partial charge on any atom is 0.156 e. The summed E-state index contributed by atoms with van der Waals surface area (Å²) in [5.41, 5.74) is 1.28. The van der Waals surface area contributed by atoms with Crippen molar-refractivity contribution in [1.82, 2.24) is 5.32 Å². The quantitative estimate of drug-likeness (QED) is 0.781. The molecule has 0 bridgehead atoms. The van der Waals surface area contributed by atoms with Crippen molar-refractivity contribution in [3.63, 3.8) is 0 Å². The Bertz CT molecular complexity index is 419. The third kappa shape index (κ3) is 4.75. The molecule has 0 radical (unpaired) electrons. The molecule has 1 atom stereocenters. The van der Waals surface area contributed by atoms with Gasteiger partial charge in [0.15, 0.2) is 5.17 Å². The molecule has 0 fully saturated rings. The van der Waals surface area contributed by atoms with Crippen LogP contribution in [-0.4, -0.2) is 37.1 Å². The molecule has 1 aromatic rings. The number of rotatable bonds is 7. The van der Waals surface area contributed by atoms with E-state index in [1.807, 2.05) is 11.8 Å². The average molecular weight is 291 g/mol. The van der Waals surface area contributed by atoms with Crippen molar-refractivity contribution in [3.05, 3.63) is 30.3 Å². The summed E-state index contributed by atoms with van der Waals surface area (Å²) in [5.74, 6) is 0. The first-order valence-corrected chi connectivity index (χ1v) is 8.38. The molecule has 1 aliphatic heterocycles. The van der Waals surface area contributed by atoms with E-state index in [0.717, 1.165) is 31.2 Å². The molecule has 0 aliphatic carbocycles. The van der Waals surface area contributed by atoms with Gasteiger partial charge in [0.2, 0.25) is 0 Å². The monoisotopic (exact) mass is 291 g/mol. The van der Waals surface area contributed by atoms with Gasteiger partial charge in [0, 0.05) is 31.1 Å². The van der Waals surface area contributed by atoms with Gasteiger partial charge < -0.3 is 10.2 Å². The van der Waals surface area contributed by atoms with Crippen LogP contribution in [0.1, 0.15) is 26.2 Å². The highest BCUT2D eigenvalue weighted by Crippen LogP contribution is 2.23. The van der Waals surface area contributed by atoms with E-state index < -0.39 is 0 Å². The lowest BCUT2D eigenvalue weighted by atomic mass is 10.2. The molecule has 110 valence electrons. The topological polar surface area (TPSA) is 27.6 Å². The normalized spacial score (nSPS) is 17.9. The van der Waals surface area contributed by atoms with Gasteiger partial charge in [0.05, 0.1) is 6.54 Å². The molecule has 0 saturated heterocycles. The summed E-state index contributed by atoms with van der Waals surface area (Å²) in [5, 5.41) is 5.31. The van der Waals surface area contributed by atoms with Crippen LogP contribution < -0.4 is 10.2 Å². The predicted molar refractivity (Wildman–Crippen MR) is 90.9 cm³/mol. The molecule has 0 aromatic heterocycles. The van der Waals surface area contributed by atoms with E-state index in [4.69, 9.17) is 0 Å². The van der Waals surface area contributed by atoms with Gasteiger partial charge in [-0.2, -0.15) is 0 Å². The van der Waals surface area contributed by atoms with Gasteiger partial charge in [0.25, 0.3) is 0 Å². The molecule has 1 aliphatic rings. The number of amidine groups is 1. The van der Waals surface area contributed by atoms with Crippen LogP contribution in [0.15, 0.2) is 35.3 Å². The van der Waals surface area contributed by atoms with E-state index in [9.17, 15) is 0 Å². The van der Waals surface area contributed by atoms with Crippen molar-refractivity contribution >= 4 is 22.6 Å². The summed E-state index contributed by atoms with van der Waals surface area (Å²) in [7, 11) is 2.15. The molecule has 20 heavy (non-hydrogen) atoms. The third-order valence-electron chi connectivity index (χ3n) is 3.47. The minimum atomic E-state index is 0.703. The first-order chi connectivity index (χ1) is 9.79. The van der Waals surface area contributed by atoms with Crippen molar-refractivity contribution in [2.75, 3.05) is 31.6 Å². The fourth-order valence-electron chi connectivity index (χ4n) is 2.31. The van der Waals surface area contributed by atoms with Gasteiger partial charge >= 0.3 is 0 Å². The zero-order valence-electron chi connectivity index (χ0n) is 12.5. The molecule has 0 saturated carbocycles. The predicted octanol–water partition coefficient (Wildman–Crippen LogP) is 3.37. The highest BCUT2D eigenvalue weighted by Gasteiger charge is 2.17. The Morgan fingerprint density at radius 3 is 2.90 bits per heavy atom. The number of thioether (sulfide) groups is 1. The first-order valence-electron chi connectivity index (χ1n) is 7.50. The number of anilines is 1. The number of para-hydroxylation sites is 1. The number of nitrogens with zero attached hydrogens (tertiary/aromatic N) is 2. The van der Waals surface area contributed by atoms with Crippen LogP contribution in [0.25, 0.3) is 0 Å². The van der Waals surface area contributed by atoms with Gasteiger partial charge in [0.1, 0.15) is 0 Å². The zero-order chi connectivity index (χ0) is 14.2. The number of aliphatic imine (C=N–C) groups is 1. The van der Waals surface area contributed by atoms with E-state index in [0.29, 0.717) is 5.25 Å². The van der Waals surface area contributed by atoms with Crippen molar-refractivity contribution in [2.45, 2.75) is 31.4 Å². The number of hydrogen-bond acceptors (Lipinski definition) is 4. The van der Waals surface area contributed by atoms with Crippen molar-refractivity contribution in [1.29, 1.82) is 0 Å². The Labute approximate surface area is 126 Å². The molecular weight excluding hydrogens is 266 g/mol. The Kier molecular flexibility index (Phi) is 6.25. The largest absolute Gasteiger partial charge is 0.375 e. The van der Waals surface area contributed by atoms with Crippen LogP contribution in [-0.2, 0) is 0 Å². The van der Waals surface area contributed by atoms with E-state index in [1.54, 1.807) is 0 Å². The highest BCUT2D eigenvalue weighted by molar-refractivity contribution is 8.14. The standard InChI is InChI=1S/C16H25N3S/c1-3-8-15-13-18-16(20-15)17-11-7-12-19(2)14-9-5-4-6-10-14/h4-6,9-10,15H,3,7-8,11-13H2,1-2H3,(H,17,18). The minimum absolute atomic E-state index is 0.703. The van der Waals surface area contributed by atoms with Crippen LogP contribution in [0.3, 0.4) is 0 Å². The maximum atomic E-state index is 4.57. The molecule has 1 N–H and O–H groups in total. The molecule has 0 amide bonds. The van der Waals surface area contributed by atoms with Gasteiger partial charge in [-0.1, -0.05) is 43.3 Å². The molecule has 1 unspecified atom stereocenters. The third-order valence-corrected chi connectivity index (χ3v) is 4.69. The van der Waals surface area contributed by atoms with E-state index >= 15 is 0 Å². The second kappa shape index (κ2) is 8.20. The molecule has 4 heteroatoms. The SMILES string of the molecule is CCCC1CN=C(NCCCN(C)c2ccccc2)S1. The van der Waals surface area contributed by atoms with Crippen LogP contribution in [0.5, 0.6) is 0 Å². The Morgan fingerprint density at radius 2 is 2.15 bits per heavy atom. The molecule has 0 spiro atoms. The Hall–Kier alpha value is -1.16. The summed E-state index contributed by atoms with van der Waals surface area (Å²) in [6.07, 6.45) is 3.65. The van der Waals surface area contributed by atoms with Crippen LogP contribution in [0, 0.1) is 0 Å². The summed E-state index contributed by atoms with van der Waals surface area (Å²) in [6, 6.07) is 10.5. The number of benzene rings is 1. The van der Waals surface area contributed by atoms with E-state index in [2.05, 4.69) is 59.5 Å². The first kappa shape index (κ1) is 15.2. The van der Waals surface area contributed by atoms with Gasteiger partial charge in [-0.25, -0.2) is 0 Å². The van der Waals surface area contributed by atoms with Crippen molar-refractivity contribution in [2.24, 2.45) is 4.99 Å². The lowest BCUT2D eigenvalue weighted by molar-refractivity contribution is 0.747. The van der Waals surface area contributed by atoms with Crippen LogP contribution in [0.4, 0.5) is 5.69 Å². The highest BCUT2D eigenvalue weighted by atomic mass is 32.2. The summed E-state index contributed by atoms with van der Waals surface area (Å²) < 4.78 is 0. The zero-order valence-corrected chi connectivity index (χ0v) is 13.3. The molecular formula is C16H25N3S. The van der Waals surface area contributed by atoms with E-state index in [-0.39, 0.29) is 0 Å². The van der Waals surface area contributed by atoms with Gasteiger partial charge in [-0.3, -0.25) is 4.99 Å². The lowest BCUT2D eigenvalue weighted by Crippen LogP contribution is -2.26. The average Bonchev–Trinajstić information content (AvgIpc) is 2.92. The Morgan fingerprint density at radius 1 is 1.35 bits per heavy atom. The number of hydrogen-bond donors (Lipinski definition) is 1. The Balaban J connectivity index is 1.60. The minimum Gasteiger partial charge on any atom is -0.375 e. The fourth-order valence-corrected chi connectivity index (χ4v) is 3.46. The molecule has 2 rings (SSSR count). The van der Waals surface area contributed by atoms with Crippen LogP contribution >= 0.6 is 11.8 Å². The maximum absolute atomic E-state index is 4.57. The summed E-state index contributed by atoms with van der Waals surface area (Å²) in [4.78, 5) is 6.86. The molecule has 1 aromatic carbocycles. The molecule has 1 heterocycles. The summed E-state index contributed by atoms with van der Waals surface area (Å²) in [6.45, 7) is 5.30. The summed E-state index contributed by atoms with van der Waals surface area (Å²) >= 11 is 1.92. The lowest BCUT2D eigenvalue weighted by Gasteiger charge is -2.19. The molecule has 3 nitrogen and oxygen atoms in total. The fraction of sp³-hybridized carbons (Fsp3) is 0.562. The van der Waals surface area contributed by atoms with Gasteiger partial charge in [-0.05, 0) is 25.0 Å².